The quantitative estimate of drug-likeness (QED) is 0.255. The van der Waals surface area contributed by atoms with E-state index in [1.165, 1.54) is 6.92 Å². The maximum Gasteiger partial charge on any atom is 0.242 e. The van der Waals surface area contributed by atoms with Gasteiger partial charge in [0.25, 0.3) is 0 Å². The molecule has 0 aliphatic heterocycles. The molecule has 0 rings (SSSR count). The van der Waals surface area contributed by atoms with Crippen molar-refractivity contribution in [3.05, 3.63) is 0 Å². The molecule has 0 spiro atoms. The monoisotopic (exact) mass is 394 g/mol. The first-order valence-electron chi connectivity index (χ1n) is 8.64. The van der Waals surface area contributed by atoms with Gasteiger partial charge in [0.05, 0.1) is 6.54 Å². The van der Waals surface area contributed by atoms with Crippen LogP contribution in [0.1, 0.15) is 39.5 Å². The molecule has 2 unspecified atom stereocenters. The van der Waals surface area contributed by atoms with Gasteiger partial charge in [-0.05, 0) is 6.42 Å². The smallest absolute Gasteiger partial charge is 0.242 e. The van der Waals surface area contributed by atoms with Crippen molar-refractivity contribution in [2.45, 2.75) is 51.9 Å². The van der Waals surface area contributed by atoms with Crippen LogP contribution in [-0.4, -0.2) is 72.4 Å². The number of amides is 4. The molecule has 11 heteroatoms. The van der Waals surface area contributed by atoms with Crippen molar-refractivity contribution in [3.63, 3.8) is 0 Å². The molecule has 9 nitrogen and oxygen atoms in total. The van der Waals surface area contributed by atoms with E-state index in [0.717, 1.165) is 6.92 Å². The summed E-state index contributed by atoms with van der Waals surface area (Å²) in [6, 6.07) is 0. The summed E-state index contributed by atoms with van der Waals surface area (Å²) >= 11 is 0. The topological polar surface area (TPSA) is 128 Å². The number of carbonyl (C=O) groups excluding carboxylic acids is 4. The molecule has 0 saturated carbocycles. The number of halogens is 2. The van der Waals surface area contributed by atoms with E-state index < -0.39 is 30.1 Å². The van der Waals surface area contributed by atoms with Gasteiger partial charge < -0.3 is 16.0 Å². The molecule has 0 aliphatic carbocycles. The van der Waals surface area contributed by atoms with Crippen LogP contribution in [0.3, 0.4) is 0 Å². The fraction of sp³-hybridized carbons (Fsp3) is 0.750. The second-order valence-electron chi connectivity index (χ2n) is 6.01. The minimum absolute atomic E-state index is 0.0316. The fourth-order valence-electron chi connectivity index (χ4n) is 1.88. The SMILES string of the molecule is CC(=O)NCC(F)CCNC(=O)CCC(=O)NCC(F)CCN(O)C(C)=O. The van der Waals surface area contributed by atoms with Crippen molar-refractivity contribution in [2.75, 3.05) is 26.2 Å². The maximum absolute atomic E-state index is 13.5. The number of rotatable bonds is 13. The van der Waals surface area contributed by atoms with Crippen LogP contribution in [-0.2, 0) is 19.2 Å². The largest absolute Gasteiger partial charge is 0.356 e. The average molecular weight is 394 g/mol. The van der Waals surface area contributed by atoms with Crippen LogP contribution >= 0.6 is 0 Å². The van der Waals surface area contributed by atoms with E-state index in [4.69, 9.17) is 5.21 Å². The summed E-state index contributed by atoms with van der Waals surface area (Å²) in [7, 11) is 0. The molecule has 2 atom stereocenters. The van der Waals surface area contributed by atoms with Gasteiger partial charge in [0.2, 0.25) is 23.6 Å². The Bertz CT molecular complexity index is 507. The molecule has 0 aromatic carbocycles. The zero-order valence-electron chi connectivity index (χ0n) is 15.6. The summed E-state index contributed by atoms with van der Waals surface area (Å²) in [5, 5.41) is 16.6. The zero-order valence-corrected chi connectivity index (χ0v) is 15.6. The lowest BCUT2D eigenvalue weighted by Crippen LogP contribution is -2.34. The van der Waals surface area contributed by atoms with E-state index >= 15 is 0 Å². The summed E-state index contributed by atoms with van der Waals surface area (Å²) < 4.78 is 26.9. The third kappa shape index (κ3) is 14.5. The van der Waals surface area contributed by atoms with Crippen LogP contribution in [0.5, 0.6) is 0 Å². The predicted molar refractivity (Wildman–Crippen MR) is 92.1 cm³/mol. The number of nitrogens with one attached hydrogen (secondary N) is 3. The standard InChI is InChI=1S/C16H28F2N4O5/c1-11(23)20-9-13(17)5-7-19-15(25)3-4-16(26)21-10-14(18)6-8-22(27)12(2)24/h13-14,27H,3-10H2,1-2H3,(H,19,25)(H,20,23)(H,21,26). The van der Waals surface area contributed by atoms with Crippen LogP contribution in [0.4, 0.5) is 8.78 Å². The summed E-state index contributed by atoms with van der Waals surface area (Å²) in [5.74, 6) is -1.90. The minimum Gasteiger partial charge on any atom is -0.356 e. The summed E-state index contributed by atoms with van der Waals surface area (Å²) in [5.41, 5.74) is 0. The Morgan fingerprint density at radius 2 is 1.41 bits per heavy atom. The molecular weight excluding hydrogens is 366 g/mol. The molecule has 0 bridgehead atoms. The minimum atomic E-state index is -1.44. The first-order chi connectivity index (χ1) is 12.6. The lowest BCUT2D eigenvalue weighted by Gasteiger charge is -2.15. The van der Waals surface area contributed by atoms with E-state index in [1.807, 2.05) is 0 Å². The van der Waals surface area contributed by atoms with Crippen LogP contribution < -0.4 is 16.0 Å². The molecular formula is C16H28F2N4O5. The molecule has 0 aliphatic rings. The number of hydrogen-bond acceptors (Lipinski definition) is 5. The molecule has 0 heterocycles. The van der Waals surface area contributed by atoms with Gasteiger partial charge in [0.1, 0.15) is 12.3 Å². The Morgan fingerprint density at radius 3 is 1.96 bits per heavy atom. The lowest BCUT2D eigenvalue weighted by atomic mass is 10.2. The first kappa shape index (κ1) is 24.7. The van der Waals surface area contributed by atoms with Gasteiger partial charge in [-0.25, -0.2) is 13.8 Å². The van der Waals surface area contributed by atoms with Crippen molar-refractivity contribution in [1.82, 2.24) is 21.0 Å². The van der Waals surface area contributed by atoms with Gasteiger partial charge in [-0.2, -0.15) is 0 Å². The first-order valence-corrected chi connectivity index (χ1v) is 8.64. The highest BCUT2D eigenvalue weighted by atomic mass is 19.1. The van der Waals surface area contributed by atoms with Gasteiger partial charge in [0, 0.05) is 52.7 Å². The molecule has 4 N–H and O–H groups in total. The molecule has 0 fully saturated rings. The van der Waals surface area contributed by atoms with Crippen molar-refractivity contribution >= 4 is 23.6 Å². The molecule has 27 heavy (non-hydrogen) atoms. The Morgan fingerprint density at radius 1 is 0.889 bits per heavy atom. The van der Waals surface area contributed by atoms with Gasteiger partial charge in [-0.15, -0.1) is 0 Å². The van der Waals surface area contributed by atoms with Gasteiger partial charge in [-0.3, -0.25) is 24.4 Å². The summed E-state index contributed by atoms with van der Waals surface area (Å²) in [4.78, 5) is 44.5. The van der Waals surface area contributed by atoms with Gasteiger partial charge in [-0.1, -0.05) is 0 Å². The predicted octanol–water partition coefficient (Wildman–Crippen LogP) is -0.171. The second-order valence-corrected chi connectivity index (χ2v) is 6.01. The third-order valence-electron chi connectivity index (χ3n) is 3.47. The molecule has 0 radical (unpaired) electrons. The molecule has 4 amide bonds. The normalized spacial score (nSPS) is 12.6. The Kier molecular flexibility index (Phi) is 12.7. The fourth-order valence-corrected chi connectivity index (χ4v) is 1.88. The van der Waals surface area contributed by atoms with Crippen molar-refractivity contribution in [2.24, 2.45) is 0 Å². The maximum atomic E-state index is 13.5. The Labute approximate surface area is 156 Å². The Balaban J connectivity index is 3.77. The number of carbonyl (C=O) groups is 4. The van der Waals surface area contributed by atoms with E-state index in [9.17, 15) is 28.0 Å². The average Bonchev–Trinajstić information content (AvgIpc) is 2.60. The second kappa shape index (κ2) is 13.8. The number of alkyl halides is 2. The van der Waals surface area contributed by atoms with E-state index in [-0.39, 0.29) is 57.8 Å². The number of hydroxylamine groups is 2. The third-order valence-corrected chi connectivity index (χ3v) is 3.47. The molecule has 0 aromatic rings. The van der Waals surface area contributed by atoms with Crippen molar-refractivity contribution < 1.29 is 33.2 Å². The van der Waals surface area contributed by atoms with Crippen LogP contribution in [0, 0.1) is 0 Å². The molecule has 156 valence electrons. The van der Waals surface area contributed by atoms with Crippen LogP contribution in [0.15, 0.2) is 0 Å². The summed E-state index contributed by atoms with van der Waals surface area (Å²) in [6.45, 7) is 1.88. The van der Waals surface area contributed by atoms with E-state index in [2.05, 4.69) is 16.0 Å². The summed E-state index contributed by atoms with van der Waals surface area (Å²) in [6.07, 6.45) is -3.11. The van der Waals surface area contributed by atoms with E-state index in [1.54, 1.807) is 0 Å². The zero-order chi connectivity index (χ0) is 20.8. The van der Waals surface area contributed by atoms with Crippen molar-refractivity contribution in [3.8, 4) is 0 Å². The van der Waals surface area contributed by atoms with Crippen LogP contribution in [0.25, 0.3) is 0 Å². The molecule has 0 aromatic heterocycles. The molecule has 0 saturated heterocycles. The Hall–Kier alpha value is -2.30. The highest BCUT2D eigenvalue weighted by Crippen LogP contribution is 2.00. The lowest BCUT2D eigenvalue weighted by molar-refractivity contribution is -0.163. The highest BCUT2D eigenvalue weighted by Gasteiger charge is 2.13. The van der Waals surface area contributed by atoms with Crippen LogP contribution in [0.2, 0.25) is 0 Å². The number of hydrogen-bond donors (Lipinski definition) is 4. The number of nitrogens with zero attached hydrogens (tertiary/aromatic N) is 1. The van der Waals surface area contributed by atoms with Gasteiger partial charge >= 0.3 is 0 Å². The van der Waals surface area contributed by atoms with E-state index in [0.29, 0.717) is 5.06 Å². The van der Waals surface area contributed by atoms with Crippen molar-refractivity contribution in [1.29, 1.82) is 0 Å². The van der Waals surface area contributed by atoms with Gasteiger partial charge in [0.15, 0.2) is 0 Å². The highest BCUT2D eigenvalue weighted by molar-refractivity contribution is 5.83.